The maximum atomic E-state index is 11.6. The number of thiazole rings is 1. The van der Waals surface area contributed by atoms with Gasteiger partial charge in [-0.2, -0.15) is 0 Å². The average molecular weight is 304 g/mol. The predicted octanol–water partition coefficient (Wildman–Crippen LogP) is 1.73. The van der Waals surface area contributed by atoms with E-state index in [0.29, 0.717) is 16.5 Å². The Morgan fingerprint density at radius 2 is 2.10 bits per heavy atom. The SMILES string of the molecule is COc1ccc2nc(Nc3[nH]c(=O)[nH]c(=O)c3C)sc2c1. The average Bonchev–Trinajstić information content (AvgIpc) is 2.85. The van der Waals surface area contributed by atoms with Crippen molar-refractivity contribution in [2.45, 2.75) is 6.92 Å². The molecule has 2 aromatic heterocycles. The van der Waals surface area contributed by atoms with Gasteiger partial charge in [-0.25, -0.2) is 9.78 Å². The van der Waals surface area contributed by atoms with E-state index in [2.05, 4.69) is 20.3 Å². The van der Waals surface area contributed by atoms with E-state index in [4.69, 9.17) is 4.74 Å². The molecule has 0 unspecified atom stereocenters. The van der Waals surface area contributed by atoms with Crippen LogP contribution in [0.3, 0.4) is 0 Å². The van der Waals surface area contributed by atoms with Crippen molar-refractivity contribution in [2.75, 3.05) is 12.4 Å². The van der Waals surface area contributed by atoms with E-state index in [1.165, 1.54) is 11.3 Å². The first-order valence-corrected chi connectivity index (χ1v) is 6.93. The zero-order chi connectivity index (χ0) is 15.0. The van der Waals surface area contributed by atoms with Crippen LogP contribution in [0.1, 0.15) is 5.56 Å². The molecule has 0 radical (unpaired) electrons. The lowest BCUT2D eigenvalue weighted by molar-refractivity contribution is 0.415. The van der Waals surface area contributed by atoms with Crippen LogP contribution in [0.4, 0.5) is 10.9 Å². The van der Waals surface area contributed by atoms with Gasteiger partial charge in [-0.05, 0) is 25.1 Å². The van der Waals surface area contributed by atoms with Gasteiger partial charge in [0.05, 0.1) is 22.9 Å². The number of ether oxygens (including phenoxy) is 1. The fraction of sp³-hybridized carbons (Fsp3) is 0.154. The van der Waals surface area contributed by atoms with Gasteiger partial charge in [0, 0.05) is 0 Å². The summed E-state index contributed by atoms with van der Waals surface area (Å²) in [5.74, 6) is 1.09. The maximum absolute atomic E-state index is 11.6. The number of nitrogens with zero attached hydrogens (tertiary/aromatic N) is 1. The Bertz CT molecular complexity index is 925. The fourth-order valence-electron chi connectivity index (χ4n) is 1.87. The Kier molecular flexibility index (Phi) is 3.22. The van der Waals surface area contributed by atoms with E-state index in [0.717, 1.165) is 16.0 Å². The first-order valence-electron chi connectivity index (χ1n) is 6.11. The van der Waals surface area contributed by atoms with Crippen LogP contribution in [0, 0.1) is 6.92 Å². The lowest BCUT2D eigenvalue weighted by Crippen LogP contribution is -2.25. The largest absolute Gasteiger partial charge is 0.497 e. The van der Waals surface area contributed by atoms with E-state index in [1.54, 1.807) is 14.0 Å². The summed E-state index contributed by atoms with van der Waals surface area (Å²) in [6.07, 6.45) is 0. The molecule has 0 fully saturated rings. The standard InChI is InChI=1S/C13H12N4O3S/c1-6-10(15-12(19)17-11(6)18)16-13-14-8-4-3-7(20-2)5-9(8)21-13/h3-5H,1-2H3,(H3,14,15,16,17,18,19). The summed E-state index contributed by atoms with van der Waals surface area (Å²) in [6, 6.07) is 5.56. The highest BCUT2D eigenvalue weighted by Crippen LogP contribution is 2.30. The third-order valence-corrected chi connectivity index (χ3v) is 3.94. The Labute approximate surface area is 122 Å². The van der Waals surface area contributed by atoms with E-state index < -0.39 is 11.2 Å². The van der Waals surface area contributed by atoms with Crippen LogP contribution in [0.25, 0.3) is 10.2 Å². The van der Waals surface area contributed by atoms with Crippen molar-refractivity contribution in [3.8, 4) is 5.75 Å². The van der Waals surface area contributed by atoms with Crippen molar-refractivity contribution in [3.05, 3.63) is 44.6 Å². The van der Waals surface area contributed by atoms with Gasteiger partial charge in [-0.1, -0.05) is 11.3 Å². The number of H-pyrrole nitrogens is 2. The number of rotatable bonds is 3. The highest BCUT2D eigenvalue weighted by molar-refractivity contribution is 7.22. The number of benzene rings is 1. The Morgan fingerprint density at radius 3 is 2.86 bits per heavy atom. The first kappa shape index (κ1) is 13.4. The number of nitrogens with one attached hydrogen (secondary N) is 3. The summed E-state index contributed by atoms with van der Waals surface area (Å²) in [4.78, 5) is 32.0. The molecule has 0 aliphatic rings. The van der Waals surface area contributed by atoms with Crippen LogP contribution in [0.2, 0.25) is 0 Å². The zero-order valence-corrected chi connectivity index (χ0v) is 12.1. The Hall–Kier alpha value is -2.61. The summed E-state index contributed by atoms with van der Waals surface area (Å²) in [7, 11) is 1.60. The summed E-state index contributed by atoms with van der Waals surface area (Å²) in [5.41, 5.74) is 0.222. The molecule has 0 atom stereocenters. The van der Waals surface area contributed by atoms with Crippen molar-refractivity contribution in [3.63, 3.8) is 0 Å². The zero-order valence-electron chi connectivity index (χ0n) is 11.3. The van der Waals surface area contributed by atoms with Gasteiger partial charge in [0.1, 0.15) is 11.6 Å². The number of anilines is 2. The summed E-state index contributed by atoms with van der Waals surface area (Å²) in [5, 5.41) is 3.56. The highest BCUT2D eigenvalue weighted by atomic mass is 32.1. The monoisotopic (exact) mass is 304 g/mol. The molecule has 8 heteroatoms. The van der Waals surface area contributed by atoms with Gasteiger partial charge in [0.2, 0.25) is 0 Å². The predicted molar refractivity (Wildman–Crippen MR) is 81.9 cm³/mol. The molecule has 2 heterocycles. The molecule has 21 heavy (non-hydrogen) atoms. The van der Waals surface area contributed by atoms with Gasteiger partial charge >= 0.3 is 5.69 Å². The van der Waals surface area contributed by atoms with Crippen molar-refractivity contribution >= 4 is 32.5 Å². The van der Waals surface area contributed by atoms with Crippen LogP contribution in [-0.2, 0) is 0 Å². The normalized spacial score (nSPS) is 10.8. The van der Waals surface area contributed by atoms with Crippen molar-refractivity contribution in [1.82, 2.24) is 15.0 Å². The molecule has 0 amide bonds. The second-order valence-electron chi connectivity index (χ2n) is 4.39. The van der Waals surface area contributed by atoms with Crippen LogP contribution < -0.4 is 21.3 Å². The number of fused-ring (bicyclic) bond motifs is 1. The summed E-state index contributed by atoms with van der Waals surface area (Å²) >= 11 is 1.41. The minimum atomic E-state index is -0.559. The fourth-order valence-corrected chi connectivity index (χ4v) is 2.76. The smallest absolute Gasteiger partial charge is 0.327 e. The van der Waals surface area contributed by atoms with Crippen molar-refractivity contribution in [2.24, 2.45) is 0 Å². The number of aromatic nitrogens is 3. The molecule has 0 saturated carbocycles. The van der Waals surface area contributed by atoms with Gasteiger partial charge in [-0.15, -0.1) is 0 Å². The summed E-state index contributed by atoms with van der Waals surface area (Å²) < 4.78 is 6.11. The lowest BCUT2D eigenvalue weighted by atomic mass is 10.3. The van der Waals surface area contributed by atoms with Gasteiger partial charge in [0.25, 0.3) is 5.56 Å². The molecule has 0 saturated heterocycles. The second kappa shape index (κ2) is 5.06. The molecule has 3 N–H and O–H groups in total. The third-order valence-electron chi connectivity index (χ3n) is 3.01. The lowest BCUT2D eigenvalue weighted by Gasteiger charge is -2.04. The van der Waals surface area contributed by atoms with Crippen LogP contribution >= 0.6 is 11.3 Å². The molecular weight excluding hydrogens is 292 g/mol. The van der Waals surface area contributed by atoms with Gasteiger partial charge < -0.3 is 10.1 Å². The Morgan fingerprint density at radius 1 is 1.29 bits per heavy atom. The first-order chi connectivity index (χ1) is 10.1. The van der Waals surface area contributed by atoms with Crippen LogP contribution in [-0.4, -0.2) is 22.1 Å². The molecule has 0 aliphatic heterocycles. The van der Waals surface area contributed by atoms with E-state index in [9.17, 15) is 9.59 Å². The molecule has 3 rings (SSSR count). The third kappa shape index (κ3) is 2.52. The number of methoxy groups -OCH3 is 1. The quantitative estimate of drug-likeness (QED) is 0.684. The molecule has 0 bridgehead atoms. The summed E-state index contributed by atoms with van der Waals surface area (Å²) in [6.45, 7) is 1.62. The molecule has 0 aliphatic carbocycles. The second-order valence-corrected chi connectivity index (χ2v) is 5.42. The van der Waals surface area contributed by atoms with E-state index in [1.807, 2.05) is 18.2 Å². The van der Waals surface area contributed by atoms with E-state index in [-0.39, 0.29) is 0 Å². The molecule has 3 aromatic rings. The molecular formula is C13H12N4O3S. The number of aromatic amines is 2. The van der Waals surface area contributed by atoms with E-state index >= 15 is 0 Å². The number of hydrogen-bond acceptors (Lipinski definition) is 6. The molecule has 7 nitrogen and oxygen atoms in total. The van der Waals surface area contributed by atoms with Crippen LogP contribution in [0.5, 0.6) is 5.75 Å². The minimum Gasteiger partial charge on any atom is -0.497 e. The van der Waals surface area contributed by atoms with Crippen molar-refractivity contribution < 1.29 is 4.74 Å². The minimum absolute atomic E-state index is 0.342. The van der Waals surface area contributed by atoms with Crippen LogP contribution in [0.15, 0.2) is 27.8 Å². The van der Waals surface area contributed by atoms with Crippen molar-refractivity contribution in [1.29, 1.82) is 0 Å². The molecule has 108 valence electrons. The van der Waals surface area contributed by atoms with Gasteiger partial charge in [-0.3, -0.25) is 14.8 Å². The highest BCUT2D eigenvalue weighted by Gasteiger charge is 2.09. The topological polar surface area (TPSA) is 99.9 Å². The maximum Gasteiger partial charge on any atom is 0.327 e. The molecule has 0 spiro atoms. The number of hydrogen-bond donors (Lipinski definition) is 3. The van der Waals surface area contributed by atoms with Gasteiger partial charge in [0.15, 0.2) is 5.13 Å². The molecule has 1 aromatic carbocycles. The Balaban J connectivity index is 2.02.